The average Bonchev–Trinajstić information content (AvgIpc) is 2.67. The Kier molecular flexibility index (Phi) is 7.45. The standard InChI is InChI=1S/C21H28N2O4S/c1-5-27-19-11-13-20(14-12-19)28(25,26)23(18-9-7-6-8-10-18)15-21(24)22-17(4)16(2)3/h6-14,16-17H,5,15H2,1-4H3,(H,22,24)/t17-/m0/s1. The fraction of sp³-hybridized carbons (Fsp3) is 0.381. The number of carbonyl (C=O) groups excluding carboxylic acids is 1. The zero-order valence-electron chi connectivity index (χ0n) is 16.8. The second-order valence-corrected chi connectivity index (χ2v) is 8.71. The molecule has 2 aromatic rings. The van der Waals surface area contributed by atoms with Crippen molar-refractivity contribution in [2.75, 3.05) is 17.5 Å². The van der Waals surface area contributed by atoms with E-state index in [0.717, 1.165) is 4.31 Å². The second kappa shape index (κ2) is 9.59. The number of benzene rings is 2. The van der Waals surface area contributed by atoms with Crippen molar-refractivity contribution in [2.24, 2.45) is 5.92 Å². The quantitative estimate of drug-likeness (QED) is 0.695. The fourth-order valence-corrected chi connectivity index (χ4v) is 3.93. The van der Waals surface area contributed by atoms with Gasteiger partial charge in [-0.1, -0.05) is 32.0 Å². The van der Waals surface area contributed by atoms with Gasteiger partial charge in [-0.25, -0.2) is 8.42 Å². The van der Waals surface area contributed by atoms with Crippen LogP contribution in [-0.4, -0.2) is 33.5 Å². The molecule has 0 saturated heterocycles. The van der Waals surface area contributed by atoms with Gasteiger partial charge in [0, 0.05) is 6.04 Å². The van der Waals surface area contributed by atoms with Gasteiger partial charge in [-0.3, -0.25) is 9.10 Å². The molecule has 1 amide bonds. The van der Waals surface area contributed by atoms with Crippen molar-refractivity contribution in [1.29, 1.82) is 0 Å². The fourth-order valence-electron chi connectivity index (χ4n) is 2.51. The van der Waals surface area contributed by atoms with Crippen molar-refractivity contribution in [2.45, 2.75) is 38.6 Å². The van der Waals surface area contributed by atoms with Crippen LogP contribution in [0.1, 0.15) is 27.7 Å². The third-order valence-corrected chi connectivity index (χ3v) is 6.23. The average molecular weight is 405 g/mol. The first kappa shape index (κ1) is 21.8. The van der Waals surface area contributed by atoms with Gasteiger partial charge in [0.1, 0.15) is 12.3 Å². The molecule has 0 bridgehead atoms. The number of nitrogens with zero attached hydrogens (tertiary/aromatic N) is 1. The maximum atomic E-state index is 13.3. The van der Waals surface area contributed by atoms with Crippen LogP contribution in [0.2, 0.25) is 0 Å². The van der Waals surface area contributed by atoms with E-state index in [0.29, 0.717) is 18.0 Å². The van der Waals surface area contributed by atoms with Crippen LogP contribution in [0.5, 0.6) is 5.75 Å². The summed E-state index contributed by atoms with van der Waals surface area (Å²) in [7, 11) is -3.92. The van der Waals surface area contributed by atoms with Crippen LogP contribution >= 0.6 is 0 Å². The largest absolute Gasteiger partial charge is 0.494 e. The molecular weight excluding hydrogens is 376 g/mol. The first-order valence-corrected chi connectivity index (χ1v) is 10.8. The van der Waals surface area contributed by atoms with E-state index < -0.39 is 10.0 Å². The third-order valence-electron chi connectivity index (χ3n) is 4.44. The molecule has 0 aliphatic heterocycles. The lowest BCUT2D eigenvalue weighted by atomic mass is 10.1. The highest BCUT2D eigenvalue weighted by Crippen LogP contribution is 2.25. The minimum atomic E-state index is -3.92. The smallest absolute Gasteiger partial charge is 0.264 e. The Hall–Kier alpha value is -2.54. The summed E-state index contributed by atoms with van der Waals surface area (Å²) in [6.07, 6.45) is 0. The molecule has 1 N–H and O–H groups in total. The van der Waals surface area contributed by atoms with Gasteiger partial charge in [-0.05, 0) is 56.2 Å². The van der Waals surface area contributed by atoms with Gasteiger partial charge >= 0.3 is 0 Å². The molecule has 28 heavy (non-hydrogen) atoms. The van der Waals surface area contributed by atoms with Gasteiger partial charge in [-0.15, -0.1) is 0 Å². The number of hydrogen-bond donors (Lipinski definition) is 1. The molecule has 0 aliphatic carbocycles. The molecule has 152 valence electrons. The van der Waals surface area contributed by atoms with Crippen molar-refractivity contribution >= 4 is 21.6 Å². The maximum absolute atomic E-state index is 13.3. The molecule has 0 aliphatic rings. The van der Waals surface area contributed by atoms with Gasteiger partial charge in [0.05, 0.1) is 17.2 Å². The Labute approximate surface area is 167 Å². The van der Waals surface area contributed by atoms with Crippen LogP contribution in [0.3, 0.4) is 0 Å². The lowest BCUT2D eigenvalue weighted by Gasteiger charge is -2.25. The van der Waals surface area contributed by atoms with Crippen molar-refractivity contribution in [3.8, 4) is 5.75 Å². The molecule has 0 aromatic heterocycles. The van der Waals surface area contributed by atoms with E-state index in [9.17, 15) is 13.2 Å². The van der Waals surface area contributed by atoms with E-state index in [2.05, 4.69) is 5.32 Å². The monoisotopic (exact) mass is 404 g/mol. The summed E-state index contributed by atoms with van der Waals surface area (Å²) in [4.78, 5) is 12.6. The number of carbonyl (C=O) groups is 1. The molecule has 0 fully saturated rings. The summed E-state index contributed by atoms with van der Waals surface area (Å²) in [5.74, 6) is 0.493. The highest BCUT2D eigenvalue weighted by molar-refractivity contribution is 7.92. The number of anilines is 1. The van der Waals surface area contributed by atoms with E-state index in [1.54, 1.807) is 42.5 Å². The van der Waals surface area contributed by atoms with Gasteiger partial charge in [0.2, 0.25) is 5.91 Å². The molecule has 0 saturated carbocycles. The minimum absolute atomic E-state index is 0.0571. The first-order valence-electron chi connectivity index (χ1n) is 9.35. The Bertz CT molecular complexity index is 865. The van der Waals surface area contributed by atoms with Gasteiger partial charge in [0.25, 0.3) is 10.0 Å². The van der Waals surface area contributed by atoms with Gasteiger partial charge < -0.3 is 10.1 Å². The maximum Gasteiger partial charge on any atom is 0.264 e. The van der Waals surface area contributed by atoms with E-state index in [-0.39, 0.29) is 29.3 Å². The van der Waals surface area contributed by atoms with Crippen molar-refractivity contribution in [3.63, 3.8) is 0 Å². The predicted molar refractivity (Wildman–Crippen MR) is 111 cm³/mol. The zero-order chi connectivity index (χ0) is 20.7. The Morgan fingerprint density at radius 2 is 1.64 bits per heavy atom. The lowest BCUT2D eigenvalue weighted by molar-refractivity contribution is -0.120. The highest BCUT2D eigenvalue weighted by atomic mass is 32.2. The minimum Gasteiger partial charge on any atom is -0.494 e. The third kappa shape index (κ3) is 5.48. The Morgan fingerprint density at radius 3 is 2.18 bits per heavy atom. The molecule has 0 unspecified atom stereocenters. The number of sulfonamides is 1. The summed E-state index contributed by atoms with van der Waals surface area (Å²) >= 11 is 0. The van der Waals surface area contributed by atoms with E-state index in [1.165, 1.54) is 12.1 Å². The highest BCUT2D eigenvalue weighted by Gasteiger charge is 2.27. The molecule has 6 nitrogen and oxygen atoms in total. The first-order chi connectivity index (χ1) is 13.3. The van der Waals surface area contributed by atoms with Crippen LogP contribution in [0.25, 0.3) is 0 Å². The Morgan fingerprint density at radius 1 is 1.04 bits per heavy atom. The number of nitrogens with one attached hydrogen (secondary N) is 1. The van der Waals surface area contributed by atoms with Gasteiger partial charge in [0.15, 0.2) is 0 Å². The predicted octanol–water partition coefficient (Wildman–Crippen LogP) is 3.44. The topological polar surface area (TPSA) is 75.7 Å². The molecule has 1 atom stereocenters. The van der Waals surface area contributed by atoms with Crippen LogP contribution in [0.4, 0.5) is 5.69 Å². The molecule has 0 radical (unpaired) electrons. The molecule has 2 aromatic carbocycles. The molecular formula is C21H28N2O4S. The van der Waals surface area contributed by atoms with Crippen LogP contribution in [-0.2, 0) is 14.8 Å². The number of hydrogen-bond acceptors (Lipinski definition) is 4. The molecule has 7 heteroatoms. The molecule has 0 heterocycles. The zero-order valence-corrected chi connectivity index (χ0v) is 17.6. The number of amides is 1. The summed E-state index contributed by atoms with van der Waals surface area (Å²) in [6, 6.07) is 14.8. The summed E-state index contributed by atoms with van der Waals surface area (Å²) in [5.41, 5.74) is 0.434. The summed E-state index contributed by atoms with van der Waals surface area (Å²) < 4.78 is 33.0. The van der Waals surface area contributed by atoms with Crippen LogP contribution in [0, 0.1) is 5.92 Å². The summed E-state index contributed by atoms with van der Waals surface area (Å²) in [6.45, 7) is 7.95. The van der Waals surface area contributed by atoms with E-state index >= 15 is 0 Å². The lowest BCUT2D eigenvalue weighted by Crippen LogP contribution is -2.44. The number of ether oxygens (including phenoxy) is 1. The van der Waals surface area contributed by atoms with Crippen LogP contribution < -0.4 is 14.4 Å². The summed E-state index contributed by atoms with van der Waals surface area (Å²) in [5, 5.41) is 2.86. The SMILES string of the molecule is CCOc1ccc(S(=O)(=O)N(CC(=O)N[C@@H](C)C(C)C)c2ccccc2)cc1. The number of rotatable bonds is 9. The van der Waals surface area contributed by atoms with Crippen molar-refractivity contribution < 1.29 is 17.9 Å². The van der Waals surface area contributed by atoms with E-state index in [4.69, 9.17) is 4.74 Å². The Balaban J connectivity index is 2.34. The van der Waals surface area contributed by atoms with Crippen molar-refractivity contribution in [3.05, 3.63) is 54.6 Å². The number of para-hydroxylation sites is 1. The molecule has 2 rings (SSSR count). The second-order valence-electron chi connectivity index (χ2n) is 6.85. The van der Waals surface area contributed by atoms with Crippen LogP contribution in [0.15, 0.2) is 59.5 Å². The molecule has 0 spiro atoms. The van der Waals surface area contributed by atoms with Gasteiger partial charge in [-0.2, -0.15) is 0 Å². The normalized spacial score (nSPS) is 12.5. The van der Waals surface area contributed by atoms with Crippen molar-refractivity contribution in [1.82, 2.24) is 5.32 Å². The van der Waals surface area contributed by atoms with E-state index in [1.807, 2.05) is 27.7 Å².